The highest BCUT2D eigenvalue weighted by molar-refractivity contribution is 6.30. The van der Waals surface area contributed by atoms with Crippen molar-refractivity contribution in [2.24, 2.45) is 0 Å². The molecule has 0 aliphatic rings. The predicted molar refractivity (Wildman–Crippen MR) is 60.9 cm³/mol. The first kappa shape index (κ1) is 14.4. The second kappa shape index (κ2) is 5.20. The van der Waals surface area contributed by atoms with Gasteiger partial charge in [-0.2, -0.15) is 13.2 Å². The Labute approximate surface area is 115 Å². The van der Waals surface area contributed by atoms with Crippen molar-refractivity contribution in [1.82, 2.24) is 15.0 Å². The van der Waals surface area contributed by atoms with Crippen LogP contribution in [0, 0.1) is 5.82 Å². The number of hydrogen-bond donors (Lipinski definition) is 0. The number of Topliss-reactive ketones (excluding diaryl/α,β-unsaturated/α-hetero) is 1. The molecule has 1 aromatic carbocycles. The minimum atomic E-state index is -5.03. The maximum atomic E-state index is 13.4. The van der Waals surface area contributed by atoms with Crippen molar-refractivity contribution in [2.45, 2.75) is 12.7 Å². The second-order valence-electron chi connectivity index (χ2n) is 3.86. The maximum Gasteiger partial charge on any atom is 0.456 e. The Hall–Kier alpha value is -1.96. The van der Waals surface area contributed by atoms with Crippen LogP contribution >= 0.6 is 11.6 Å². The highest BCUT2D eigenvalue weighted by Crippen LogP contribution is 2.20. The highest BCUT2D eigenvalue weighted by Gasteiger charge is 2.41. The molecule has 20 heavy (non-hydrogen) atoms. The molecule has 0 atom stereocenters. The molecule has 0 amide bonds. The quantitative estimate of drug-likeness (QED) is 0.647. The van der Waals surface area contributed by atoms with Crippen LogP contribution in [-0.4, -0.2) is 27.0 Å². The van der Waals surface area contributed by atoms with Crippen LogP contribution in [0.1, 0.15) is 16.1 Å². The SMILES string of the molecule is O=C(c1cn(Cc2cc(Cl)ccc2F)nn1)C(F)(F)F. The van der Waals surface area contributed by atoms with E-state index in [1.807, 2.05) is 0 Å². The normalized spacial score (nSPS) is 11.7. The van der Waals surface area contributed by atoms with Crippen LogP contribution < -0.4 is 0 Å². The van der Waals surface area contributed by atoms with Gasteiger partial charge in [-0.25, -0.2) is 9.07 Å². The Kier molecular flexibility index (Phi) is 3.76. The highest BCUT2D eigenvalue weighted by atomic mass is 35.5. The van der Waals surface area contributed by atoms with Gasteiger partial charge in [0.2, 0.25) is 0 Å². The number of nitrogens with zero attached hydrogens (tertiary/aromatic N) is 3. The van der Waals surface area contributed by atoms with Gasteiger partial charge in [0.25, 0.3) is 5.78 Å². The number of carbonyl (C=O) groups is 1. The summed E-state index contributed by atoms with van der Waals surface area (Å²) in [6.07, 6.45) is -4.22. The van der Waals surface area contributed by atoms with E-state index in [1.165, 1.54) is 12.1 Å². The van der Waals surface area contributed by atoms with Gasteiger partial charge in [-0.15, -0.1) is 5.10 Å². The lowest BCUT2D eigenvalue weighted by Crippen LogP contribution is -2.23. The van der Waals surface area contributed by atoms with Gasteiger partial charge in [0.1, 0.15) is 5.82 Å². The topological polar surface area (TPSA) is 47.8 Å². The zero-order valence-electron chi connectivity index (χ0n) is 9.66. The fourth-order valence-electron chi connectivity index (χ4n) is 1.46. The molecule has 2 aromatic rings. The van der Waals surface area contributed by atoms with Crippen molar-refractivity contribution in [3.05, 3.63) is 46.5 Å². The maximum absolute atomic E-state index is 13.4. The van der Waals surface area contributed by atoms with Crippen LogP contribution in [0.3, 0.4) is 0 Å². The smallest absolute Gasteiger partial charge is 0.282 e. The average Bonchev–Trinajstić information content (AvgIpc) is 2.80. The molecule has 0 aliphatic carbocycles. The number of halogens is 5. The Morgan fingerprint density at radius 2 is 2.05 bits per heavy atom. The molecule has 0 aliphatic heterocycles. The van der Waals surface area contributed by atoms with Crippen LogP contribution in [-0.2, 0) is 6.54 Å². The van der Waals surface area contributed by atoms with Gasteiger partial charge >= 0.3 is 6.18 Å². The van der Waals surface area contributed by atoms with E-state index >= 15 is 0 Å². The first-order chi connectivity index (χ1) is 9.27. The summed E-state index contributed by atoms with van der Waals surface area (Å²) in [5.74, 6) is -2.69. The standard InChI is InChI=1S/C11H6ClF4N3O/c12-7-1-2-8(13)6(3-7)4-19-5-9(17-18-19)10(20)11(14,15)16/h1-3,5H,4H2. The zero-order valence-corrected chi connectivity index (χ0v) is 10.4. The molecule has 0 N–H and O–H groups in total. The van der Waals surface area contributed by atoms with E-state index in [9.17, 15) is 22.4 Å². The fourth-order valence-corrected chi connectivity index (χ4v) is 1.66. The largest absolute Gasteiger partial charge is 0.456 e. The molecule has 0 unspecified atom stereocenters. The predicted octanol–water partition coefficient (Wildman–Crippen LogP) is 2.86. The third kappa shape index (κ3) is 3.13. The van der Waals surface area contributed by atoms with E-state index in [1.54, 1.807) is 0 Å². The molecule has 1 aromatic heterocycles. The molecule has 0 saturated carbocycles. The monoisotopic (exact) mass is 307 g/mol. The Morgan fingerprint density at radius 3 is 2.70 bits per heavy atom. The summed E-state index contributed by atoms with van der Waals surface area (Å²) in [5.41, 5.74) is -0.728. The van der Waals surface area contributed by atoms with Gasteiger partial charge in [-0.05, 0) is 18.2 Å². The summed E-state index contributed by atoms with van der Waals surface area (Å²) in [4.78, 5) is 10.9. The lowest BCUT2D eigenvalue weighted by atomic mass is 10.2. The third-order valence-electron chi connectivity index (χ3n) is 2.37. The summed E-state index contributed by atoms with van der Waals surface area (Å²) in [6, 6.07) is 3.76. The summed E-state index contributed by atoms with van der Waals surface area (Å²) in [7, 11) is 0. The molecule has 0 radical (unpaired) electrons. The number of ketones is 1. The summed E-state index contributed by atoms with van der Waals surface area (Å²) < 4.78 is 50.9. The molecule has 9 heteroatoms. The molecule has 0 saturated heterocycles. The number of rotatable bonds is 3. The number of alkyl halides is 3. The van der Waals surface area contributed by atoms with Crippen molar-refractivity contribution >= 4 is 17.4 Å². The second-order valence-corrected chi connectivity index (χ2v) is 4.30. The van der Waals surface area contributed by atoms with Crippen LogP contribution in [0.2, 0.25) is 5.02 Å². The van der Waals surface area contributed by atoms with E-state index in [2.05, 4.69) is 10.3 Å². The van der Waals surface area contributed by atoms with Crippen LogP contribution in [0.5, 0.6) is 0 Å². The van der Waals surface area contributed by atoms with Crippen molar-refractivity contribution in [3.63, 3.8) is 0 Å². The average molecular weight is 308 g/mol. The van der Waals surface area contributed by atoms with Crippen LogP contribution in [0.15, 0.2) is 24.4 Å². The van der Waals surface area contributed by atoms with Crippen LogP contribution in [0.4, 0.5) is 17.6 Å². The molecule has 0 spiro atoms. The van der Waals surface area contributed by atoms with Gasteiger partial charge in [0.05, 0.1) is 12.7 Å². The molecule has 0 fully saturated rings. The third-order valence-corrected chi connectivity index (χ3v) is 2.60. The first-order valence-corrected chi connectivity index (χ1v) is 5.61. The Morgan fingerprint density at radius 1 is 1.35 bits per heavy atom. The molecular formula is C11H6ClF4N3O. The molecule has 2 rings (SSSR count). The summed E-state index contributed by atoms with van der Waals surface area (Å²) in [6.45, 7) is -0.190. The van der Waals surface area contributed by atoms with Gasteiger partial charge in [-0.1, -0.05) is 16.8 Å². The lowest BCUT2D eigenvalue weighted by Gasteiger charge is -2.03. The number of hydrogen-bond acceptors (Lipinski definition) is 3. The van der Waals surface area contributed by atoms with Gasteiger partial charge < -0.3 is 0 Å². The lowest BCUT2D eigenvalue weighted by molar-refractivity contribution is -0.0888. The number of benzene rings is 1. The van der Waals surface area contributed by atoms with Gasteiger partial charge in [0, 0.05) is 10.6 Å². The fraction of sp³-hybridized carbons (Fsp3) is 0.182. The molecule has 106 valence electrons. The molecule has 0 bridgehead atoms. The van der Waals surface area contributed by atoms with Crippen molar-refractivity contribution < 1.29 is 22.4 Å². The van der Waals surface area contributed by atoms with E-state index in [4.69, 9.17) is 11.6 Å². The minimum absolute atomic E-state index is 0.119. The molecule has 4 nitrogen and oxygen atoms in total. The Bertz CT molecular complexity index is 653. The van der Waals surface area contributed by atoms with Crippen molar-refractivity contribution in [2.75, 3.05) is 0 Å². The van der Waals surface area contributed by atoms with Crippen molar-refractivity contribution in [3.8, 4) is 0 Å². The van der Waals surface area contributed by atoms with Gasteiger partial charge in [-0.3, -0.25) is 4.79 Å². The van der Waals surface area contributed by atoms with E-state index in [0.29, 0.717) is 0 Å². The van der Waals surface area contributed by atoms with Gasteiger partial charge in [0.15, 0.2) is 5.69 Å². The van der Waals surface area contributed by atoms with Crippen LogP contribution in [0.25, 0.3) is 0 Å². The zero-order chi connectivity index (χ0) is 14.9. The van der Waals surface area contributed by atoms with E-state index in [-0.39, 0.29) is 17.1 Å². The summed E-state index contributed by atoms with van der Waals surface area (Å²) >= 11 is 5.68. The van der Waals surface area contributed by atoms with E-state index in [0.717, 1.165) is 16.9 Å². The first-order valence-electron chi connectivity index (χ1n) is 5.23. The molecular weight excluding hydrogens is 302 g/mol. The van der Waals surface area contributed by atoms with E-state index < -0.39 is 23.5 Å². The Balaban J connectivity index is 2.22. The number of aromatic nitrogens is 3. The minimum Gasteiger partial charge on any atom is -0.282 e. The van der Waals surface area contributed by atoms with Crippen molar-refractivity contribution in [1.29, 1.82) is 0 Å². The molecule has 1 heterocycles. The summed E-state index contributed by atoms with van der Waals surface area (Å²) in [5, 5.41) is 6.74. The number of carbonyl (C=O) groups excluding carboxylic acids is 1.